The molecular formula is C19H24N2O2. The number of aliphatic hydroxyl groups is 1. The number of benzene rings is 2. The van der Waals surface area contributed by atoms with Crippen LogP contribution in [0.4, 0.5) is 4.79 Å². The van der Waals surface area contributed by atoms with E-state index in [0.29, 0.717) is 19.5 Å². The molecule has 0 heterocycles. The fourth-order valence-corrected chi connectivity index (χ4v) is 2.30. The van der Waals surface area contributed by atoms with Gasteiger partial charge in [0.2, 0.25) is 0 Å². The average Bonchev–Trinajstić information content (AvgIpc) is 2.57. The number of amides is 2. The molecular weight excluding hydrogens is 288 g/mol. The predicted molar refractivity (Wildman–Crippen MR) is 92.3 cm³/mol. The quantitative estimate of drug-likeness (QED) is 0.736. The molecule has 0 saturated carbocycles. The summed E-state index contributed by atoms with van der Waals surface area (Å²) in [6.45, 7) is 3.09. The Labute approximate surface area is 137 Å². The monoisotopic (exact) mass is 312 g/mol. The van der Waals surface area contributed by atoms with Gasteiger partial charge >= 0.3 is 6.03 Å². The summed E-state index contributed by atoms with van der Waals surface area (Å²) < 4.78 is 0. The molecule has 0 fully saturated rings. The van der Waals surface area contributed by atoms with Gasteiger partial charge in [-0.1, -0.05) is 60.2 Å². The fourth-order valence-electron chi connectivity index (χ4n) is 2.30. The molecule has 0 saturated heterocycles. The number of nitrogens with one attached hydrogen (secondary N) is 2. The van der Waals surface area contributed by atoms with Crippen LogP contribution in [0, 0.1) is 6.92 Å². The van der Waals surface area contributed by atoms with E-state index in [4.69, 9.17) is 0 Å². The average molecular weight is 312 g/mol. The van der Waals surface area contributed by atoms with Gasteiger partial charge in [-0.25, -0.2) is 4.79 Å². The number of rotatable bonds is 7. The summed E-state index contributed by atoms with van der Waals surface area (Å²) in [5, 5.41) is 15.6. The van der Waals surface area contributed by atoms with E-state index >= 15 is 0 Å². The van der Waals surface area contributed by atoms with Crippen LogP contribution in [-0.4, -0.2) is 24.2 Å². The van der Waals surface area contributed by atoms with Crippen molar-refractivity contribution >= 4 is 6.03 Å². The van der Waals surface area contributed by atoms with Crippen LogP contribution in [-0.2, 0) is 6.42 Å². The molecule has 0 spiro atoms. The lowest BCUT2D eigenvalue weighted by molar-refractivity contribution is 0.167. The van der Waals surface area contributed by atoms with Crippen molar-refractivity contribution in [3.63, 3.8) is 0 Å². The van der Waals surface area contributed by atoms with E-state index < -0.39 is 6.10 Å². The minimum Gasteiger partial charge on any atom is -0.388 e. The van der Waals surface area contributed by atoms with Crippen molar-refractivity contribution < 1.29 is 9.90 Å². The van der Waals surface area contributed by atoms with Gasteiger partial charge in [0, 0.05) is 13.1 Å². The van der Waals surface area contributed by atoms with Crippen molar-refractivity contribution in [2.24, 2.45) is 0 Å². The van der Waals surface area contributed by atoms with E-state index in [9.17, 15) is 9.90 Å². The van der Waals surface area contributed by atoms with Crippen LogP contribution in [0.25, 0.3) is 0 Å². The summed E-state index contributed by atoms with van der Waals surface area (Å²) in [4.78, 5) is 11.7. The van der Waals surface area contributed by atoms with Gasteiger partial charge in [0.15, 0.2) is 0 Å². The summed E-state index contributed by atoms with van der Waals surface area (Å²) in [6.07, 6.45) is 0.750. The van der Waals surface area contributed by atoms with Crippen molar-refractivity contribution in [1.82, 2.24) is 10.6 Å². The maximum Gasteiger partial charge on any atom is 0.314 e. The second-order valence-corrected chi connectivity index (χ2v) is 5.63. The highest BCUT2D eigenvalue weighted by molar-refractivity contribution is 5.73. The van der Waals surface area contributed by atoms with Crippen LogP contribution in [0.2, 0.25) is 0 Å². The summed E-state index contributed by atoms with van der Waals surface area (Å²) in [7, 11) is 0. The Morgan fingerprint density at radius 1 is 1.00 bits per heavy atom. The lowest BCUT2D eigenvalue weighted by Gasteiger charge is -2.12. The van der Waals surface area contributed by atoms with E-state index in [1.54, 1.807) is 0 Å². The Morgan fingerprint density at radius 2 is 1.65 bits per heavy atom. The van der Waals surface area contributed by atoms with E-state index in [2.05, 4.69) is 41.8 Å². The summed E-state index contributed by atoms with van der Waals surface area (Å²) in [6, 6.07) is 17.6. The highest BCUT2D eigenvalue weighted by Crippen LogP contribution is 2.14. The molecule has 0 aliphatic heterocycles. The molecule has 2 aromatic carbocycles. The third kappa shape index (κ3) is 6.12. The van der Waals surface area contributed by atoms with E-state index in [1.807, 2.05) is 30.3 Å². The standard InChI is InChI=1S/C19H24N2O2/c1-15-7-9-16(10-8-15)11-13-20-19(23)21-14-12-18(22)17-5-3-2-4-6-17/h2-10,18,22H,11-14H2,1H3,(H2,20,21,23). The van der Waals surface area contributed by atoms with Gasteiger partial charge in [-0.05, 0) is 30.9 Å². The number of carbonyl (C=O) groups is 1. The second-order valence-electron chi connectivity index (χ2n) is 5.63. The number of carbonyl (C=O) groups excluding carboxylic acids is 1. The maximum absolute atomic E-state index is 11.7. The number of urea groups is 1. The second kappa shape index (κ2) is 8.96. The smallest absolute Gasteiger partial charge is 0.314 e. The number of aryl methyl sites for hydroxylation is 1. The zero-order valence-electron chi connectivity index (χ0n) is 13.5. The van der Waals surface area contributed by atoms with E-state index in [1.165, 1.54) is 11.1 Å². The molecule has 0 radical (unpaired) electrons. The minimum atomic E-state index is -0.552. The van der Waals surface area contributed by atoms with Crippen molar-refractivity contribution in [1.29, 1.82) is 0 Å². The van der Waals surface area contributed by atoms with Gasteiger partial charge in [0.1, 0.15) is 0 Å². The minimum absolute atomic E-state index is 0.197. The summed E-state index contributed by atoms with van der Waals surface area (Å²) in [5.41, 5.74) is 3.31. The topological polar surface area (TPSA) is 61.4 Å². The summed E-state index contributed by atoms with van der Waals surface area (Å²) >= 11 is 0. The van der Waals surface area contributed by atoms with Crippen LogP contribution >= 0.6 is 0 Å². The fraction of sp³-hybridized carbons (Fsp3) is 0.316. The molecule has 4 heteroatoms. The van der Waals surface area contributed by atoms with Crippen molar-refractivity contribution in [3.8, 4) is 0 Å². The van der Waals surface area contributed by atoms with Gasteiger partial charge in [-0.2, -0.15) is 0 Å². The molecule has 1 unspecified atom stereocenters. The molecule has 23 heavy (non-hydrogen) atoms. The first-order chi connectivity index (χ1) is 11.1. The largest absolute Gasteiger partial charge is 0.388 e. The SMILES string of the molecule is Cc1ccc(CCNC(=O)NCCC(O)c2ccccc2)cc1. The summed E-state index contributed by atoms with van der Waals surface area (Å²) in [5.74, 6) is 0. The van der Waals surface area contributed by atoms with Gasteiger partial charge in [-0.3, -0.25) is 0 Å². The first-order valence-corrected chi connectivity index (χ1v) is 7.95. The zero-order chi connectivity index (χ0) is 16.5. The lowest BCUT2D eigenvalue weighted by Crippen LogP contribution is -2.37. The molecule has 1 atom stereocenters. The van der Waals surface area contributed by atoms with Crippen LogP contribution in [0.3, 0.4) is 0 Å². The molecule has 0 aliphatic carbocycles. The highest BCUT2D eigenvalue weighted by Gasteiger charge is 2.07. The van der Waals surface area contributed by atoms with Gasteiger partial charge in [0.25, 0.3) is 0 Å². The highest BCUT2D eigenvalue weighted by atomic mass is 16.3. The number of aliphatic hydroxyl groups excluding tert-OH is 1. The number of hydrogen-bond donors (Lipinski definition) is 3. The predicted octanol–water partition coefficient (Wildman–Crippen LogP) is 2.96. The Balaban J connectivity index is 1.61. The van der Waals surface area contributed by atoms with Crippen molar-refractivity contribution in [3.05, 3.63) is 71.3 Å². The Bertz CT molecular complexity index is 597. The zero-order valence-corrected chi connectivity index (χ0v) is 13.5. The Morgan fingerprint density at radius 3 is 2.35 bits per heavy atom. The Kier molecular flexibility index (Phi) is 6.63. The third-order valence-electron chi connectivity index (χ3n) is 3.71. The molecule has 2 amide bonds. The molecule has 2 rings (SSSR count). The normalized spacial score (nSPS) is 11.7. The third-order valence-corrected chi connectivity index (χ3v) is 3.71. The first kappa shape index (κ1) is 17.0. The van der Waals surface area contributed by atoms with Gasteiger partial charge in [0.05, 0.1) is 6.10 Å². The number of hydrogen-bond acceptors (Lipinski definition) is 2. The van der Waals surface area contributed by atoms with Crippen molar-refractivity contribution in [2.45, 2.75) is 25.9 Å². The molecule has 3 N–H and O–H groups in total. The molecule has 0 bridgehead atoms. The first-order valence-electron chi connectivity index (χ1n) is 7.95. The van der Waals surface area contributed by atoms with Gasteiger partial charge < -0.3 is 15.7 Å². The van der Waals surface area contributed by atoms with E-state index in [-0.39, 0.29) is 6.03 Å². The maximum atomic E-state index is 11.7. The van der Waals surface area contributed by atoms with Gasteiger partial charge in [-0.15, -0.1) is 0 Å². The van der Waals surface area contributed by atoms with Crippen LogP contribution < -0.4 is 10.6 Å². The molecule has 122 valence electrons. The van der Waals surface area contributed by atoms with Crippen molar-refractivity contribution in [2.75, 3.05) is 13.1 Å². The Hall–Kier alpha value is -2.33. The van der Waals surface area contributed by atoms with Crippen LogP contribution in [0.15, 0.2) is 54.6 Å². The molecule has 0 aliphatic rings. The molecule has 2 aromatic rings. The van der Waals surface area contributed by atoms with E-state index in [0.717, 1.165) is 12.0 Å². The molecule has 0 aromatic heterocycles. The van der Waals surface area contributed by atoms with Crippen LogP contribution in [0.1, 0.15) is 29.2 Å². The molecule has 4 nitrogen and oxygen atoms in total. The van der Waals surface area contributed by atoms with Crippen LogP contribution in [0.5, 0.6) is 0 Å². The lowest BCUT2D eigenvalue weighted by atomic mass is 10.1.